The van der Waals surface area contributed by atoms with Gasteiger partial charge in [0.2, 0.25) is 5.91 Å². The highest BCUT2D eigenvalue weighted by Gasteiger charge is 2.24. The minimum Gasteiger partial charge on any atom is -0.350 e. The molecular formula is C11H14NO. The minimum atomic E-state index is 0.0891. The van der Waals surface area contributed by atoms with E-state index in [2.05, 4.69) is 12.2 Å². The Morgan fingerprint density at radius 3 is 2.77 bits per heavy atom. The molecule has 0 spiro atoms. The number of rotatable bonds is 2. The number of nitrogens with one attached hydrogen (secondary N) is 1. The van der Waals surface area contributed by atoms with E-state index in [0.717, 1.165) is 24.8 Å². The summed E-state index contributed by atoms with van der Waals surface area (Å²) in [5.74, 6) is 0.0891. The van der Waals surface area contributed by atoms with Crippen molar-refractivity contribution in [1.82, 2.24) is 5.32 Å². The third kappa shape index (κ3) is 2.20. The Morgan fingerprint density at radius 2 is 2.23 bits per heavy atom. The molecule has 0 saturated heterocycles. The maximum atomic E-state index is 11.5. The van der Waals surface area contributed by atoms with E-state index in [1.54, 1.807) is 0 Å². The van der Waals surface area contributed by atoms with Gasteiger partial charge in [-0.3, -0.25) is 4.79 Å². The van der Waals surface area contributed by atoms with Gasteiger partial charge in [-0.15, -0.1) is 0 Å². The SMILES string of the molecule is CC1=CC=C(C(=O)NC2CC2)[CH]C1. The third-order valence-electron chi connectivity index (χ3n) is 2.37. The largest absolute Gasteiger partial charge is 0.350 e. The summed E-state index contributed by atoms with van der Waals surface area (Å²) in [5.41, 5.74) is 2.13. The Balaban J connectivity index is 1.95. The molecule has 0 aromatic rings. The predicted molar refractivity (Wildman–Crippen MR) is 51.9 cm³/mol. The van der Waals surface area contributed by atoms with E-state index in [-0.39, 0.29) is 5.91 Å². The summed E-state index contributed by atoms with van der Waals surface area (Å²) in [5, 5.41) is 2.97. The van der Waals surface area contributed by atoms with Crippen LogP contribution < -0.4 is 5.32 Å². The first-order valence-corrected chi connectivity index (χ1v) is 4.77. The van der Waals surface area contributed by atoms with Crippen LogP contribution in [0.3, 0.4) is 0 Å². The molecular weight excluding hydrogens is 162 g/mol. The van der Waals surface area contributed by atoms with Crippen molar-refractivity contribution < 1.29 is 4.79 Å². The van der Waals surface area contributed by atoms with Crippen molar-refractivity contribution >= 4 is 5.91 Å². The Labute approximate surface area is 78.7 Å². The van der Waals surface area contributed by atoms with Crippen LogP contribution in [0.2, 0.25) is 0 Å². The minimum absolute atomic E-state index is 0.0891. The average Bonchev–Trinajstić information content (AvgIpc) is 2.89. The highest BCUT2D eigenvalue weighted by atomic mass is 16.1. The Kier molecular flexibility index (Phi) is 2.21. The molecule has 0 atom stereocenters. The second kappa shape index (κ2) is 3.36. The lowest BCUT2D eigenvalue weighted by molar-refractivity contribution is -0.117. The molecule has 2 aliphatic carbocycles. The molecule has 1 amide bonds. The van der Waals surface area contributed by atoms with Crippen LogP contribution in [0.5, 0.6) is 0 Å². The molecule has 0 unspecified atom stereocenters. The summed E-state index contributed by atoms with van der Waals surface area (Å²) in [6.45, 7) is 2.07. The van der Waals surface area contributed by atoms with Crippen molar-refractivity contribution in [3.63, 3.8) is 0 Å². The third-order valence-corrected chi connectivity index (χ3v) is 2.37. The lowest BCUT2D eigenvalue weighted by Gasteiger charge is -2.11. The Morgan fingerprint density at radius 1 is 1.46 bits per heavy atom. The second-order valence-corrected chi connectivity index (χ2v) is 3.79. The highest BCUT2D eigenvalue weighted by molar-refractivity contribution is 5.96. The van der Waals surface area contributed by atoms with Gasteiger partial charge in [-0.05, 0) is 26.2 Å². The fourth-order valence-corrected chi connectivity index (χ4v) is 1.30. The Bertz CT molecular complexity index is 284. The van der Waals surface area contributed by atoms with Gasteiger partial charge in [0.1, 0.15) is 0 Å². The first-order chi connectivity index (χ1) is 6.25. The summed E-state index contributed by atoms with van der Waals surface area (Å²) >= 11 is 0. The van der Waals surface area contributed by atoms with E-state index >= 15 is 0 Å². The zero-order chi connectivity index (χ0) is 9.26. The smallest absolute Gasteiger partial charge is 0.247 e. The molecule has 0 bridgehead atoms. The van der Waals surface area contributed by atoms with E-state index in [0.29, 0.717) is 6.04 Å². The molecule has 2 rings (SSSR count). The van der Waals surface area contributed by atoms with Gasteiger partial charge in [0.15, 0.2) is 0 Å². The number of hydrogen-bond donors (Lipinski definition) is 1. The van der Waals surface area contributed by atoms with E-state index in [1.165, 1.54) is 5.57 Å². The van der Waals surface area contributed by atoms with Gasteiger partial charge in [0, 0.05) is 18.0 Å². The molecule has 0 aromatic carbocycles. The molecule has 1 fully saturated rings. The van der Waals surface area contributed by atoms with E-state index in [4.69, 9.17) is 0 Å². The first-order valence-electron chi connectivity index (χ1n) is 4.77. The van der Waals surface area contributed by atoms with Gasteiger partial charge < -0.3 is 5.32 Å². The molecule has 2 aliphatic rings. The quantitative estimate of drug-likeness (QED) is 0.682. The summed E-state index contributed by atoms with van der Waals surface area (Å²) in [6, 6.07) is 0.453. The van der Waals surface area contributed by atoms with Crippen LogP contribution in [0.1, 0.15) is 26.2 Å². The van der Waals surface area contributed by atoms with Crippen molar-refractivity contribution in [2.24, 2.45) is 0 Å². The number of carbonyl (C=O) groups excluding carboxylic acids is 1. The zero-order valence-corrected chi connectivity index (χ0v) is 7.84. The molecule has 1 N–H and O–H groups in total. The molecule has 2 heteroatoms. The van der Waals surface area contributed by atoms with Gasteiger partial charge in [-0.2, -0.15) is 0 Å². The maximum Gasteiger partial charge on any atom is 0.247 e. The van der Waals surface area contributed by atoms with Crippen molar-refractivity contribution in [2.75, 3.05) is 0 Å². The van der Waals surface area contributed by atoms with Gasteiger partial charge in [0.25, 0.3) is 0 Å². The number of carbonyl (C=O) groups is 1. The summed E-state index contributed by atoms with van der Waals surface area (Å²) < 4.78 is 0. The van der Waals surface area contributed by atoms with Gasteiger partial charge in [-0.1, -0.05) is 17.7 Å². The van der Waals surface area contributed by atoms with Crippen molar-refractivity contribution in [1.29, 1.82) is 0 Å². The molecule has 0 aliphatic heterocycles. The fourth-order valence-electron chi connectivity index (χ4n) is 1.30. The van der Waals surface area contributed by atoms with Crippen molar-refractivity contribution in [3.8, 4) is 0 Å². The molecule has 1 saturated carbocycles. The van der Waals surface area contributed by atoms with Crippen LogP contribution >= 0.6 is 0 Å². The van der Waals surface area contributed by atoms with E-state index in [1.807, 2.05) is 18.6 Å². The molecule has 0 aromatic heterocycles. The van der Waals surface area contributed by atoms with Crippen LogP contribution in [-0.4, -0.2) is 11.9 Å². The van der Waals surface area contributed by atoms with E-state index in [9.17, 15) is 4.79 Å². The monoisotopic (exact) mass is 176 g/mol. The predicted octanol–water partition coefficient (Wildman–Crippen LogP) is 1.75. The van der Waals surface area contributed by atoms with E-state index < -0.39 is 0 Å². The van der Waals surface area contributed by atoms with Crippen LogP contribution in [-0.2, 0) is 4.79 Å². The van der Waals surface area contributed by atoms with Gasteiger partial charge in [-0.25, -0.2) is 0 Å². The van der Waals surface area contributed by atoms with Crippen LogP contribution in [0, 0.1) is 6.42 Å². The van der Waals surface area contributed by atoms with Gasteiger partial charge >= 0.3 is 0 Å². The average molecular weight is 176 g/mol. The first kappa shape index (κ1) is 8.54. The highest BCUT2D eigenvalue weighted by Crippen LogP contribution is 2.21. The maximum absolute atomic E-state index is 11.5. The second-order valence-electron chi connectivity index (χ2n) is 3.79. The standard InChI is InChI=1S/C11H14NO/c1-8-2-4-9(5-3-8)11(13)12-10-6-7-10/h2,4-5,10H,3,6-7H2,1H3,(H,12,13). The normalized spacial score (nSPS) is 21.9. The Hall–Kier alpha value is -1.05. The van der Waals surface area contributed by atoms with Crippen LogP contribution in [0.15, 0.2) is 23.3 Å². The fraction of sp³-hybridized carbons (Fsp3) is 0.455. The lowest BCUT2D eigenvalue weighted by Crippen LogP contribution is -2.27. The zero-order valence-electron chi connectivity index (χ0n) is 7.84. The molecule has 69 valence electrons. The molecule has 0 heterocycles. The number of allylic oxidation sites excluding steroid dienone is 3. The topological polar surface area (TPSA) is 29.1 Å². The summed E-state index contributed by atoms with van der Waals surface area (Å²) in [6.07, 6.45) is 9.11. The molecule has 13 heavy (non-hydrogen) atoms. The number of hydrogen-bond acceptors (Lipinski definition) is 1. The van der Waals surface area contributed by atoms with Crippen molar-refractivity contribution in [3.05, 3.63) is 29.7 Å². The summed E-state index contributed by atoms with van der Waals surface area (Å²) in [4.78, 5) is 11.5. The van der Waals surface area contributed by atoms with Crippen LogP contribution in [0.25, 0.3) is 0 Å². The van der Waals surface area contributed by atoms with Crippen LogP contribution in [0.4, 0.5) is 0 Å². The summed E-state index contributed by atoms with van der Waals surface area (Å²) in [7, 11) is 0. The number of amides is 1. The molecule has 1 radical (unpaired) electrons. The van der Waals surface area contributed by atoms with Crippen molar-refractivity contribution in [2.45, 2.75) is 32.2 Å². The lowest BCUT2D eigenvalue weighted by atomic mass is 9.99. The molecule has 2 nitrogen and oxygen atoms in total. The van der Waals surface area contributed by atoms with Gasteiger partial charge in [0.05, 0.1) is 0 Å².